The summed E-state index contributed by atoms with van der Waals surface area (Å²) in [5, 5.41) is 14.4. The third kappa shape index (κ3) is 5.53. The minimum atomic E-state index is -0.378. The van der Waals surface area contributed by atoms with Crippen molar-refractivity contribution < 1.29 is 9.59 Å². The molecule has 0 bridgehead atoms. The molecule has 3 rings (SSSR count). The zero-order valence-electron chi connectivity index (χ0n) is 15.8. The number of amides is 2. The van der Waals surface area contributed by atoms with Crippen molar-refractivity contribution >= 4 is 17.5 Å². The number of hydrogen-bond donors (Lipinski definition) is 2. The summed E-state index contributed by atoms with van der Waals surface area (Å²) in [6.45, 7) is -0.158. The zero-order chi connectivity index (χ0) is 20.5. The van der Waals surface area contributed by atoms with Crippen molar-refractivity contribution in [3.05, 3.63) is 102 Å². The summed E-state index contributed by atoms with van der Waals surface area (Å²) in [5.74, 6) is -0.691. The van der Waals surface area contributed by atoms with E-state index in [0.717, 1.165) is 11.1 Å². The van der Waals surface area contributed by atoms with E-state index in [0.29, 0.717) is 11.3 Å². The van der Waals surface area contributed by atoms with Gasteiger partial charge in [-0.15, -0.1) is 0 Å². The molecular formula is C24H21N3O2. The topological polar surface area (TPSA) is 82.0 Å². The number of para-hydroxylation sites is 1. The summed E-state index contributed by atoms with van der Waals surface area (Å²) in [5.41, 5.74) is 2.89. The highest BCUT2D eigenvalue weighted by Gasteiger charge is 2.18. The predicted molar refractivity (Wildman–Crippen MR) is 112 cm³/mol. The molecule has 3 aromatic rings. The van der Waals surface area contributed by atoms with Gasteiger partial charge >= 0.3 is 0 Å². The Morgan fingerprint density at radius 3 is 1.93 bits per heavy atom. The lowest BCUT2D eigenvalue weighted by Gasteiger charge is -2.18. The first-order valence-electron chi connectivity index (χ1n) is 9.33. The van der Waals surface area contributed by atoms with Gasteiger partial charge in [-0.25, -0.2) is 0 Å². The second-order valence-corrected chi connectivity index (χ2v) is 6.56. The molecule has 29 heavy (non-hydrogen) atoms. The lowest BCUT2D eigenvalue weighted by atomic mass is 9.88. The van der Waals surface area contributed by atoms with Gasteiger partial charge in [0.1, 0.15) is 6.07 Å². The first kappa shape index (κ1) is 19.8. The minimum Gasteiger partial charge on any atom is -0.347 e. The van der Waals surface area contributed by atoms with Crippen LogP contribution in [0.15, 0.2) is 84.9 Å². The van der Waals surface area contributed by atoms with E-state index in [4.69, 9.17) is 5.26 Å². The number of carbonyl (C=O) groups excluding carboxylic acids is 2. The predicted octanol–water partition coefficient (Wildman–Crippen LogP) is 3.84. The average Bonchev–Trinajstić information content (AvgIpc) is 2.77. The standard InChI is InChI=1S/C24H21N3O2/c25-16-20-13-7-8-14-22(20)27-24(29)17-26-23(28)15-21(18-9-3-1-4-10-18)19-11-5-2-6-12-19/h1-14,21H,15,17H2,(H,26,28)(H,27,29). The van der Waals surface area contributed by atoms with Crippen LogP contribution in [0.5, 0.6) is 0 Å². The van der Waals surface area contributed by atoms with Gasteiger partial charge in [-0.05, 0) is 23.3 Å². The van der Waals surface area contributed by atoms with E-state index in [9.17, 15) is 9.59 Å². The maximum atomic E-state index is 12.5. The SMILES string of the molecule is N#Cc1ccccc1NC(=O)CNC(=O)CC(c1ccccc1)c1ccccc1. The number of rotatable bonds is 7. The van der Waals surface area contributed by atoms with Crippen molar-refractivity contribution in [3.63, 3.8) is 0 Å². The lowest BCUT2D eigenvalue weighted by molar-refractivity contribution is -0.124. The van der Waals surface area contributed by atoms with E-state index in [1.807, 2.05) is 66.7 Å². The van der Waals surface area contributed by atoms with E-state index in [1.54, 1.807) is 24.3 Å². The number of anilines is 1. The molecule has 0 unspecified atom stereocenters. The quantitative estimate of drug-likeness (QED) is 0.650. The first-order valence-corrected chi connectivity index (χ1v) is 9.33. The van der Waals surface area contributed by atoms with E-state index >= 15 is 0 Å². The molecule has 0 radical (unpaired) electrons. The molecule has 0 saturated heterocycles. The fourth-order valence-corrected chi connectivity index (χ4v) is 3.12. The highest BCUT2D eigenvalue weighted by molar-refractivity contribution is 5.95. The number of hydrogen-bond acceptors (Lipinski definition) is 3. The molecule has 0 saturated carbocycles. The molecular weight excluding hydrogens is 362 g/mol. The summed E-state index contributed by atoms with van der Waals surface area (Å²) in [6, 6.07) is 28.4. The summed E-state index contributed by atoms with van der Waals surface area (Å²) >= 11 is 0. The van der Waals surface area contributed by atoms with Crippen LogP contribution in [0.25, 0.3) is 0 Å². The number of nitrogens with zero attached hydrogens (tertiary/aromatic N) is 1. The summed E-state index contributed by atoms with van der Waals surface area (Å²) in [7, 11) is 0. The monoisotopic (exact) mass is 383 g/mol. The number of nitriles is 1. The van der Waals surface area contributed by atoms with Gasteiger partial charge in [0.05, 0.1) is 17.8 Å². The molecule has 2 amide bonds. The van der Waals surface area contributed by atoms with Crippen LogP contribution < -0.4 is 10.6 Å². The molecule has 0 atom stereocenters. The van der Waals surface area contributed by atoms with Gasteiger partial charge < -0.3 is 10.6 Å². The molecule has 5 heteroatoms. The molecule has 0 aromatic heterocycles. The van der Waals surface area contributed by atoms with Crippen LogP contribution in [0.2, 0.25) is 0 Å². The third-order valence-electron chi connectivity index (χ3n) is 4.56. The second-order valence-electron chi connectivity index (χ2n) is 6.56. The van der Waals surface area contributed by atoms with Crippen LogP contribution in [-0.2, 0) is 9.59 Å². The fourth-order valence-electron chi connectivity index (χ4n) is 3.12. The molecule has 5 nitrogen and oxygen atoms in total. The molecule has 0 aliphatic heterocycles. The Morgan fingerprint density at radius 2 is 1.34 bits per heavy atom. The van der Waals surface area contributed by atoms with E-state index < -0.39 is 0 Å². The first-order chi connectivity index (χ1) is 14.2. The molecule has 0 aliphatic rings. The molecule has 144 valence electrons. The maximum absolute atomic E-state index is 12.5. The van der Waals surface area contributed by atoms with Crippen LogP contribution in [-0.4, -0.2) is 18.4 Å². The normalized spacial score (nSPS) is 10.2. The Bertz CT molecular complexity index is 972. The average molecular weight is 383 g/mol. The molecule has 0 aliphatic carbocycles. The van der Waals surface area contributed by atoms with Gasteiger partial charge in [-0.3, -0.25) is 9.59 Å². The van der Waals surface area contributed by atoms with Gasteiger partial charge in [0.25, 0.3) is 0 Å². The van der Waals surface area contributed by atoms with Crippen molar-refractivity contribution in [3.8, 4) is 6.07 Å². The Balaban J connectivity index is 1.62. The van der Waals surface area contributed by atoms with Gasteiger partial charge in [-0.2, -0.15) is 5.26 Å². The smallest absolute Gasteiger partial charge is 0.243 e. The molecule has 0 spiro atoms. The second kappa shape index (κ2) is 9.86. The highest BCUT2D eigenvalue weighted by Crippen LogP contribution is 2.27. The molecule has 0 heterocycles. The number of nitrogens with one attached hydrogen (secondary N) is 2. The highest BCUT2D eigenvalue weighted by atomic mass is 16.2. The summed E-state index contributed by atoms with van der Waals surface area (Å²) in [4.78, 5) is 24.7. The van der Waals surface area contributed by atoms with Crippen LogP contribution in [0.1, 0.15) is 29.0 Å². The van der Waals surface area contributed by atoms with E-state index in [2.05, 4.69) is 10.6 Å². The molecule has 2 N–H and O–H groups in total. The Hall–Kier alpha value is -3.91. The fraction of sp³-hybridized carbons (Fsp3) is 0.125. The maximum Gasteiger partial charge on any atom is 0.243 e. The third-order valence-corrected chi connectivity index (χ3v) is 4.56. The van der Waals surface area contributed by atoms with Crippen molar-refractivity contribution in [2.24, 2.45) is 0 Å². The van der Waals surface area contributed by atoms with E-state index in [1.165, 1.54) is 0 Å². The van der Waals surface area contributed by atoms with E-state index in [-0.39, 0.29) is 30.7 Å². The van der Waals surface area contributed by atoms with Gasteiger partial charge in [0.2, 0.25) is 11.8 Å². The van der Waals surface area contributed by atoms with Crippen molar-refractivity contribution in [2.75, 3.05) is 11.9 Å². The van der Waals surface area contributed by atoms with Gasteiger partial charge in [-0.1, -0.05) is 72.8 Å². The Kier molecular flexibility index (Phi) is 6.75. The van der Waals surface area contributed by atoms with Crippen LogP contribution >= 0.6 is 0 Å². The van der Waals surface area contributed by atoms with Crippen molar-refractivity contribution in [1.29, 1.82) is 5.26 Å². The van der Waals surface area contributed by atoms with Crippen molar-refractivity contribution in [1.82, 2.24) is 5.32 Å². The zero-order valence-corrected chi connectivity index (χ0v) is 15.8. The van der Waals surface area contributed by atoms with Crippen LogP contribution in [0.4, 0.5) is 5.69 Å². The summed E-state index contributed by atoms with van der Waals surface area (Å²) in [6.07, 6.45) is 0.232. The largest absolute Gasteiger partial charge is 0.347 e. The van der Waals surface area contributed by atoms with Crippen molar-refractivity contribution in [2.45, 2.75) is 12.3 Å². The Labute approximate surface area is 170 Å². The number of benzene rings is 3. The van der Waals surface area contributed by atoms with Crippen LogP contribution in [0, 0.1) is 11.3 Å². The molecule has 3 aromatic carbocycles. The minimum absolute atomic E-state index is 0.0974. The molecule has 0 fully saturated rings. The van der Waals surface area contributed by atoms with Crippen LogP contribution in [0.3, 0.4) is 0 Å². The Morgan fingerprint density at radius 1 is 0.793 bits per heavy atom. The lowest BCUT2D eigenvalue weighted by Crippen LogP contribution is -2.33. The number of carbonyl (C=O) groups is 2. The van der Waals surface area contributed by atoms with Gasteiger partial charge in [0.15, 0.2) is 0 Å². The van der Waals surface area contributed by atoms with Gasteiger partial charge in [0, 0.05) is 12.3 Å². The summed E-state index contributed by atoms with van der Waals surface area (Å²) < 4.78 is 0.